The molecule has 0 saturated carbocycles. The van der Waals surface area contributed by atoms with Crippen LogP contribution in [0.25, 0.3) is 0 Å². The summed E-state index contributed by atoms with van der Waals surface area (Å²) in [6.07, 6.45) is 0.112. The highest BCUT2D eigenvalue weighted by atomic mass is 16.3. The number of likely N-dealkylation sites (tertiary alicyclic amines) is 1. The lowest BCUT2D eigenvalue weighted by Gasteiger charge is -2.27. The Kier molecular flexibility index (Phi) is 3.99. The standard InChI is InChI=1S/C14H20N2O2/c1-15(2)14(18)13-12(17)8-9-16(13)10-11-6-4-3-5-7-11/h3-7,12-13,17H,8-10H2,1-2H3/t12?,13-/m0/s1. The van der Waals surface area contributed by atoms with Crippen LogP contribution in [0.5, 0.6) is 0 Å². The second-order valence-electron chi connectivity index (χ2n) is 4.99. The quantitative estimate of drug-likeness (QED) is 0.857. The van der Waals surface area contributed by atoms with Gasteiger partial charge in [-0.3, -0.25) is 9.69 Å². The van der Waals surface area contributed by atoms with Crippen LogP contribution in [0.1, 0.15) is 12.0 Å². The molecule has 1 aliphatic heterocycles. The Morgan fingerprint density at radius 3 is 2.67 bits per heavy atom. The van der Waals surface area contributed by atoms with Gasteiger partial charge in [0, 0.05) is 27.2 Å². The van der Waals surface area contributed by atoms with Crippen molar-refractivity contribution >= 4 is 5.91 Å². The maximum atomic E-state index is 12.1. The van der Waals surface area contributed by atoms with Crippen LogP contribution >= 0.6 is 0 Å². The van der Waals surface area contributed by atoms with Crippen LogP contribution in [0.2, 0.25) is 0 Å². The first-order valence-corrected chi connectivity index (χ1v) is 6.27. The van der Waals surface area contributed by atoms with E-state index in [1.165, 1.54) is 5.56 Å². The number of carbonyl (C=O) groups excluding carboxylic acids is 1. The fraction of sp³-hybridized carbons (Fsp3) is 0.500. The molecule has 1 N–H and O–H groups in total. The maximum Gasteiger partial charge on any atom is 0.242 e. The van der Waals surface area contributed by atoms with Gasteiger partial charge in [0.15, 0.2) is 0 Å². The van der Waals surface area contributed by atoms with Crippen molar-refractivity contribution in [2.24, 2.45) is 0 Å². The van der Waals surface area contributed by atoms with Gasteiger partial charge in [-0.15, -0.1) is 0 Å². The maximum absolute atomic E-state index is 12.1. The van der Waals surface area contributed by atoms with E-state index in [0.29, 0.717) is 13.0 Å². The van der Waals surface area contributed by atoms with Gasteiger partial charge in [-0.1, -0.05) is 30.3 Å². The molecular weight excluding hydrogens is 228 g/mol. The number of amides is 1. The molecule has 2 atom stereocenters. The number of aliphatic hydroxyl groups excluding tert-OH is 1. The van der Waals surface area contributed by atoms with E-state index in [1.807, 2.05) is 30.3 Å². The van der Waals surface area contributed by atoms with Gasteiger partial charge < -0.3 is 10.0 Å². The van der Waals surface area contributed by atoms with Crippen molar-refractivity contribution in [1.29, 1.82) is 0 Å². The van der Waals surface area contributed by atoms with E-state index in [4.69, 9.17) is 0 Å². The highest BCUT2D eigenvalue weighted by Crippen LogP contribution is 2.21. The van der Waals surface area contributed by atoms with Gasteiger partial charge >= 0.3 is 0 Å². The van der Waals surface area contributed by atoms with Crippen molar-refractivity contribution < 1.29 is 9.90 Å². The molecule has 0 bridgehead atoms. The average Bonchev–Trinajstić information content (AvgIpc) is 2.71. The van der Waals surface area contributed by atoms with Crippen molar-refractivity contribution in [1.82, 2.24) is 9.80 Å². The molecule has 2 rings (SSSR count). The van der Waals surface area contributed by atoms with Gasteiger partial charge in [0.05, 0.1) is 6.10 Å². The first kappa shape index (κ1) is 13.1. The molecule has 1 unspecified atom stereocenters. The molecule has 1 heterocycles. The molecule has 98 valence electrons. The highest BCUT2D eigenvalue weighted by Gasteiger charge is 2.38. The van der Waals surface area contributed by atoms with Gasteiger partial charge in [-0.25, -0.2) is 0 Å². The molecule has 1 aromatic carbocycles. The summed E-state index contributed by atoms with van der Waals surface area (Å²) in [5, 5.41) is 9.97. The molecule has 1 aromatic rings. The summed E-state index contributed by atoms with van der Waals surface area (Å²) in [5.74, 6) is -0.0177. The molecule has 1 saturated heterocycles. The van der Waals surface area contributed by atoms with E-state index < -0.39 is 12.1 Å². The Morgan fingerprint density at radius 1 is 1.39 bits per heavy atom. The lowest BCUT2D eigenvalue weighted by Crippen LogP contribution is -2.47. The number of nitrogens with zero attached hydrogens (tertiary/aromatic N) is 2. The molecule has 4 nitrogen and oxygen atoms in total. The molecule has 0 aliphatic carbocycles. The Hall–Kier alpha value is -1.39. The topological polar surface area (TPSA) is 43.8 Å². The molecule has 1 fully saturated rings. The lowest BCUT2D eigenvalue weighted by atomic mass is 10.1. The van der Waals surface area contributed by atoms with E-state index >= 15 is 0 Å². The summed E-state index contributed by atoms with van der Waals surface area (Å²) < 4.78 is 0. The predicted octanol–water partition coefficient (Wildman–Crippen LogP) is 0.710. The summed E-state index contributed by atoms with van der Waals surface area (Å²) in [7, 11) is 3.46. The van der Waals surface area contributed by atoms with E-state index in [0.717, 1.165) is 6.54 Å². The summed E-state index contributed by atoms with van der Waals surface area (Å²) in [6.45, 7) is 1.47. The number of hydrogen-bond acceptors (Lipinski definition) is 3. The minimum absolute atomic E-state index is 0.0177. The molecule has 0 spiro atoms. The van der Waals surface area contributed by atoms with Crippen molar-refractivity contribution in [2.75, 3.05) is 20.6 Å². The van der Waals surface area contributed by atoms with Gasteiger partial charge in [0.1, 0.15) is 6.04 Å². The zero-order valence-electron chi connectivity index (χ0n) is 10.9. The van der Waals surface area contributed by atoms with Crippen LogP contribution < -0.4 is 0 Å². The number of aliphatic hydroxyl groups is 1. The van der Waals surface area contributed by atoms with Gasteiger partial charge in [0.25, 0.3) is 0 Å². The third-order valence-corrected chi connectivity index (χ3v) is 3.39. The Morgan fingerprint density at radius 2 is 2.06 bits per heavy atom. The molecule has 18 heavy (non-hydrogen) atoms. The number of benzene rings is 1. The Bertz CT molecular complexity index is 406. The molecular formula is C14H20N2O2. The first-order valence-electron chi connectivity index (χ1n) is 6.27. The van der Waals surface area contributed by atoms with Crippen LogP contribution in [-0.2, 0) is 11.3 Å². The fourth-order valence-electron chi connectivity index (χ4n) is 2.42. The van der Waals surface area contributed by atoms with Gasteiger partial charge in [-0.05, 0) is 12.0 Å². The Balaban J connectivity index is 2.10. The van der Waals surface area contributed by atoms with Crippen LogP contribution in [0, 0.1) is 0 Å². The molecule has 1 aliphatic rings. The smallest absolute Gasteiger partial charge is 0.242 e. The first-order chi connectivity index (χ1) is 8.59. The molecule has 4 heteroatoms. The highest BCUT2D eigenvalue weighted by molar-refractivity contribution is 5.82. The monoisotopic (exact) mass is 248 g/mol. The SMILES string of the molecule is CN(C)C(=O)[C@@H]1C(O)CCN1Cc1ccccc1. The minimum Gasteiger partial charge on any atom is -0.391 e. The zero-order chi connectivity index (χ0) is 13.1. The van der Waals surface area contributed by atoms with E-state index in [2.05, 4.69) is 4.90 Å². The summed E-state index contributed by atoms with van der Waals surface area (Å²) in [5.41, 5.74) is 1.17. The fourth-order valence-corrected chi connectivity index (χ4v) is 2.42. The summed E-state index contributed by atoms with van der Waals surface area (Å²) in [6, 6.07) is 9.64. The number of likely N-dealkylation sites (N-methyl/N-ethyl adjacent to an activating group) is 1. The zero-order valence-corrected chi connectivity index (χ0v) is 10.9. The van der Waals surface area contributed by atoms with Crippen LogP contribution in [0.3, 0.4) is 0 Å². The molecule has 0 radical (unpaired) electrons. The predicted molar refractivity (Wildman–Crippen MR) is 70.0 cm³/mol. The van der Waals surface area contributed by atoms with E-state index in [1.54, 1.807) is 19.0 Å². The average molecular weight is 248 g/mol. The second kappa shape index (κ2) is 5.50. The third kappa shape index (κ3) is 2.71. The lowest BCUT2D eigenvalue weighted by molar-refractivity contribution is -0.136. The van der Waals surface area contributed by atoms with Crippen molar-refractivity contribution in [2.45, 2.75) is 25.1 Å². The van der Waals surface area contributed by atoms with E-state index in [-0.39, 0.29) is 5.91 Å². The van der Waals surface area contributed by atoms with Crippen LogP contribution in [0.4, 0.5) is 0 Å². The van der Waals surface area contributed by atoms with Gasteiger partial charge in [-0.2, -0.15) is 0 Å². The van der Waals surface area contributed by atoms with Crippen LogP contribution in [-0.4, -0.2) is 53.6 Å². The van der Waals surface area contributed by atoms with Crippen LogP contribution in [0.15, 0.2) is 30.3 Å². The third-order valence-electron chi connectivity index (χ3n) is 3.39. The van der Waals surface area contributed by atoms with Gasteiger partial charge in [0.2, 0.25) is 5.91 Å². The number of carbonyl (C=O) groups is 1. The second-order valence-corrected chi connectivity index (χ2v) is 4.99. The summed E-state index contributed by atoms with van der Waals surface area (Å²) in [4.78, 5) is 15.7. The Labute approximate surface area is 108 Å². The largest absolute Gasteiger partial charge is 0.391 e. The molecule has 1 amide bonds. The van der Waals surface area contributed by atoms with Crippen molar-refractivity contribution in [3.05, 3.63) is 35.9 Å². The number of hydrogen-bond donors (Lipinski definition) is 1. The van der Waals surface area contributed by atoms with Crippen molar-refractivity contribution in [3.63, 3.8) is 0 Å². The van der Waals surface area contributed by atoms with Crippen molar-refractivity contribution in [3.8, 4) is 0 Å². The molecule has 0 aromatic heterocycles. The normalized spacial score (nSPS) is 24.2. The minimum atomic E-state index is -0.552. The van der Waals surface area contributed by atoms with E-state index in [9.17, 15) is 9.90 Å². The summed E-state index contributed by atoms with van der Waals surface area (Å²) >= 11 is 0. The number of rotatable bonds is 3.